The number of aromatic hydroxyl groups is 1. The first-order valence-corrected chi connectivity index (χ1v) is 3.90. The van der Waals surface area contributed by atoms with E-state index in [0.29, 0.717) is 12.8 Å². The second kappa shape index (κ2) is 3.89. The Hall–Kier alpha value is -1.58. The van der Waals surface area contributed by atoms with Crippen molar-refractivity contribution in [1.82, 2.24) is 0 Å². The molecule has 0 heterocycles. The Morgan fingerprint density at radius 2 is 2.23 bits per heavy atom. The highest BCUT2D eigenvalue weighted by Gasteiger charge is 2.12. The van der Waals surface area contributed by atoms with Gasteiger partial charge in [0.1, 0.15) is 0 Å². The summed E-state index contributed by atoms with van der Waals surface area (Å²) in [6, 6.07) is 4.37. The average molecular weight is 180 g/mol. The molecule has 0 spiro atoms. The summed E-state index contributed by atoms with van der Waals surface area (Å²) in [6.45, 7) is 3.65. The van der Waals surface area contributed by atoms with Gasteiger partial charge in [0.25, 0.3) is 0 Å². The van der Waals surface area contributed by atoms with Crippen LogP contribution in [0, 0.1) is 17.0 Å². The number of rotatable bonds is 3. The highest BCUT2D eigenvalue weighted by Crippen LogP contribution is 2.26. The summed E-state index contributed by atoms with van der Waals surface area (Å²) >= 11 is 0. The number of phenolic OH excluding ortho intramolecular Hbond substituents is 1. The van der Waals surface area contributed by atoms with E-state index in [-0.39, 0.29) is 11.4 Å². The molecule has 0 bridgehead atoms. The van der Waals surface area contributed by atoms with E-state index in [1.54, 1.807) is 6.07 Å². The van der Waals surface area contributed by atoms with Crippen molar-refractivity contribution in [3.8, 4) is 5.75 Å². The van der Waals surface area contributed by atoms with Crippen LogP contribution in [0.15, 0.2) is 18.2 Å². The summed E-state index contributed by atoms with van der Waals surface area (Å²) in [4.78, 5) is 9.81. The van der Waals surface area contributed by atoms with Crippen LogP contribution < -0.4 is 0 Å². The van der Waals surface area contributed by atoms with E-state index >= 15 is 0 Å². The first kappa shape index (κ1) is 9.51. The van der Waals surface area contributed by atoms with Crippen molar-refractivity contribution in [2.45, 2.75) is 12.8 Å². The third kappa shape index (κ3) is 2.18. The Morgan fingerprint density at radius 3 is 2.77 bits per heavy atom. The van der Waals surface area contributed by atoms with Crippen molar-refractivity contribution in [1.29, 1.82) is 0 Å². The zero-order chi connectivity index (χ0) is 9.84. The summed E-state index contributed by atoms with van der Waals surface area (Å²) in [5.74, 6) is -0.294. The third-order valence-corrected chi connectivity index (χ3v) is 1.70. The Morgan fingerprint density at radius 1 is 1.54 bits per heavy atom. The molecule has 1 aromatic rings. The number of phenols is 1. The lowest BCUT2D eigenvalue weighted by atomic mass is 10.1. The number of benzene rings is 1. The van der Waals surface area contributed by atoms with Gasteiger partial charge in [-0.25, -0.2) is 0 Å². The fourth-order valence-corrected chi connectivity index (χ4v) is 1.07. The maximum atomic E-state index is 10.4. The third-order valence-electron chi connectivity index (χ3n) is 1.70. The monoisotopic (exact) mass is 180 g/mol. The van der Waals surface area contributed by atoms with E-state index in [1.807, 2.05) is 0 Å². The molecule has 0 aliphatic rings. The topological polar surface area (TPSA) is 63.4 Å². The molecule has 1 rings (SSSR count). The Balaban J connectivity index is 3.04. The molecule has 0 unspecified atom stereocenters. The maximum Gasteiger partial charge on any atom is 0.310 e. The van der Waals surface area contributed by atoms with E-state index in [2.05, 4.69) is 6.92 Å². The Kier molecular flexibility index (Phi) is 2.84. The molecule has 0 aromatic heterocycles. The van der Waals surface area contributed by atoms with Crippen molar-refractivity contribution >= 4 is 5.69 Å². The second-order valence-corrected chi connectivity index (χ2v) is 2.68. The highest BCUT2D eigenvalue weighted by atomic mass is 16.6. The number of hydrogen-bond donors (Lipinski definition) is 1. The van der Waals surface area contributed by atoms with Crippen LogP contribution in [0.25, 0.3) is 0 Å². The number of aryl methyl sites for hydroxylation is 1. The van der Waals surface area contributed by atoms with Crippen molar-refractivity contribution in [3.05, 3.63) is 40.8 Å². The lowest BCUT2D eigenvalue weighted by Gasteiger charge is -1.99. The molecule has 13 heavy (non-hydrogen) atoms. The van der Waals surface area contributed by atoms with Crippen molar-refractivity contribution in [2.75, 3.05) is 0 Å². The molecule has 0 aliphatic carbocycles. The van der Waals surface area contributed by atoms with Gasteiger partial charge in [0.2, 0.25) is 0 Å². The molecule has 0 fully saturated rings. The Bertz CT molecular complexity index is 323. The number of hydrogen-bond acceptors (Lipinski definition) is 3. The summed E-state index contributed by atoms with van der Waals surface area (Å²) in [6.07, 6.45) is 1.36. The zero-order valence-electron chi connectivity index (χ0n) is 7.06. The lowest BCUT2D eigenvalue weighted by molar-refractivity contribution is -0.385. The number of nitro groups is 1. The molecule has 4 heteroatoms. The van der Waals surface area contributed by atoms with Crippen molar-refractivity contribution < 1.29 is 10.0 Å². The minimum absolute atomic E-state index is 0.244. The minimum atomic E-state index is -0.595. The fourth-order valence-electron chi connectivity index (χ4n) is 1.07. The van der Waals surface area contributed by atoms with E-state index in [9.17, 15) is 10.1 Å². The highest BCUT2D eigenvalue weighted by molar-refractivity contribution is 5.47. The van der Waals surface area contributed by atoms with Crippen LogP contribution in [0.1, 0.15) is 12.0 Å². The van der Waals surface area contributed by atoms with Gasteiger partial charge in [-0.3, -0.25) is 10.1 Å². The van der Waals surface area contributed by atoms with Gasteiger partial charge in [0, 0.05) is 6.07 Å². The van der Waals surface area contributed by atoms with Gasteiger partial charge in [0.15, 0.2) is 5.75 Å². The predicted octanol–water partition coefficient (Wildman–Crippen LogP) is 2.07. The number of nitro benzene ring substituents is 1. The molecule has 1 aromatic carbocycles. The fraction of sp³-hybridized carbons (Fsp3) is 0.222. The summed E-state index contributed by atoms with van der Waals surface area (Å²) < 4.78 is 0. The van der Waals surface area contributed by atoms with Gasteiger partial charge in [-0.2, -0.15) is 0 Å². The lowest BCUT2D eigenvalue weighted by Crippen LogP contribution is -1.91. The van der Waals surface area contributed by atoms with Crippen LogP contribution in [0.5, 0.6) is 5.75 Å². The largest absolute Gasteiger partial charge is 0.502 e. The average Bonchev–Trinajstić information content (AvgIpc) is 2.08. The molecule has 69 valence electrons. The van der Waals surface area contributed by atoms with Gasteiger partial charge in [0.05, 0.1) is 4.92 Å². The van der Waals surface area contributed by atoms with E-state index < -0.39 is 4.92 Å². The molecule has 0 saturated heterocycles. The summed E-state index contributed by atoms with van der Waals surface area (Å²) in [5.41, 5.74) is 0.574. The molecule has 4 nitrogen and oxygen atoms in total. The molecular formula is C9H10NO3. The van der Waals surface area contributed by atoms with Gasteiger partial charge in [-0.15, -0.1) is 0 Å². The van der Waals surface area contributed by atoms with Crippen LogP contribution in [0.3, 0.4) is 0 Å². The van der Waals surface area contributed by atoms with E-state index in [4.69, 9.17) is 5.11 Å². The van der Waals surface area contributed by atoms with Gasteiger partial charge < -0.3 is 5.11 Å². The second-order valence-electron chi connectivity index (χ2n) is 2.68. The predicted molar refractivity (Wildman–Crippen MR) is 48.4 cm³/mol. The zero-order valence-corrected chi connectivity index (χ0v) is 7.06. The van der Waals surface area contributed by atoms with Gasteiger partial charge in [-0.05, 0) is 24.5 Å². The summed E-state index contributed by atoms with van der Waals surface area (Å²) in [5, 5.41) is 19.5. The van der Waals surface area contributed by atoms with Gasteiger partial charge in [-0.1, -0.05) is 13.0 Å². The SMILES string of the molecule is [CH2]CCc1ccc(O)c([N+](=O)[O-])c1. The van der Waals surface area contributed by atoms with E-state index in [0.717, 1.165) is 5.56 Å². The summed E-state index contributed by atoms with van der Waals surface area (Å²) in [7, 11) is 0. The molecular weight excluding hydrogens is 170 g/mol. The molecule has 0 amide bonds. The smallest absolute Gasteiger partial charge is 0.310 e. The van der Waals surface area contributed by atoms with Crippen LogP contribution in [-0.2, 0) is 6.42 Å². The molecule has 0 saturated carbocycles. The first-order valence-electron chi connectivity index (χ1n) is 3.90. The quantitative estimate of drug-likeness (QED) is 0.572. The standard InChI is InChI=1S/C9H10NO3/c1-2-3-7-4-5-9(11)8(6-7)10(12)13/h4-6,11H,1-3H2. The van der Waals surface area contributed by atoms with Crippen LogP contribution >= 0.6 is 0 Å². The normalized spacial score (nSPS) is 9.92. The van der Waals surface area contributed by atoms with Crippen molar-refractivity contribution in [2.24, 2.45) is 0 Å². The Labute approximate surface area is 76.0 Å². The maximum absolute atomic E-state index is 10.4. The molecule has 1 N–H and O–H groups in total. The minimum Gasteiger partial charge on any atom is -0.502 e. The van der Waals surface area contributed by atoms with Gasteiger partial charge >= 0.3 is 5.69 Å². The molecule has 0 aliphatic heterocycles. The molecule has 1 radical (unpaired) electrons. The van der Waals surface area contributed by atoms with Crippen LogP contribution in [-0.4, -0.2) is 10.0 Å². The van der Waals surface area contributed by atoms with Crippen LogP contribution in [0.2, 0.25) is 0 Å². The van der Waals surface area contributed by atoms with Crippen molar-refractivity contribution in [3.63, 3.8) is 0 Å². The van der Waals surface area contributed by atoms with E-state index in [1.165, 1.54) is 12.1 Å². The first-order chi connectivity index (χ1) is 6.15. The number of nitrogens with zero attached hydrogens (tertiary/aromatic N) is 1. The molecule has 0 atom stereocenters. The van der Waals surface area contributed by atoms with Crippen LogP contribution in [0.4, 0.5) is 5.69 Å².